The molecule has 1 aromatic carbocycles. The normalized spacial score (nSPS) is 10.8. The Kier molecular flexibility index (Phi) is 3.62. The zero-order valence-corrected chi connectivity index (χ0v) is 10.3. The highest BCUT2D eigenvalue weighted by molar-refractivity contribution is 5.24. The Balaban J connectivity index is 2.30. The third kappa shape index (κ3) is 2.51. The molecule has 2 aromatic rings. The van der Waals surface area contributed by atoms with Crippen LogP contribution in [0.25, 0.3) is 0 Å². The van der Waals surface area contributed by atoms with Crippen LogP contribution in [0.5, 0.6) is 0 Å². The largest absolute Gasteiger partial charge is 0.328 e. The van der Waals surface area contributed by atoms with Crippen molar-refractivity contribution in [1.29, 1.82) is 0 Å². The van der Waals surface area contributed by atoms with E-state index in [1.165, 1.54) is 12.1 Å². The molecule has 5 heteroatoms. The molecule has 96 valence electrons. The third-order valence-electron chi connectivity index (χ3n) is 2.86. The molecule has 0 aliphatic heterocycles. The standard InChI is InChI=1S/C13H16FN3O/c1-2-16-3-4-17(13(16)18)9-11-5-10(8-15)6-12(14)7-11/h3-7H,2,8-9,15H2,1H3. The first-order valence-electron chi connectivity index (χ1n) is 5.88. The molecule has 0 fully saturated rings. The lowest BCUT2D eigenvalue weighted by molar-refractivity contribution is 0.618. The fraction of sp³-hybridized carbons (Fsp3) is 0.308. The summed E-state index contributed by atoms with van der Waals surface area (Å²) in [4.78, 5) is 11.9. The van der Waals surface area contributed by atoms with Gasteiger partial charge >= 0.3 is 5.69 Å². The van der Waals surface area contributed by atoms with Crippen molar-refractivity contribution in [2.75, 3.05) is 0 Å². The number of aromatic nitrogens is 2. The topological polar surface area (TPSA) is 52.9 Å². The van der Waals surface area contributed by atoms with E-state index in [0.29, 0.717) is 13.1 Å². The van der Waals surface area contributed by atoms with Crippen LogP contribution >= 0.6 is 0 Å². The molecule has 0 bridgehead atoms. The number of halogens is 1. The number of benzene rings is 1. The summed E-state index contributed by atoms with van der Waals surface area (Å²) >= 11 is 0. The Hall–Kier alpha value is -1.88. The summed E-state index contributed by atoms with van der Waals surface area (Å²) in [6.45, 7) is 3.18. The highest BCUT2D eigenvalue weighted by Crippen LogP contribution is 2.10. The van der Waals surface area contributed by atoms with Gasteiger partial charge in [-0.3, -0.25) is 9.13 Å². The van der Waals surface area contributed by atoms with Gasteiger partial charge in [0.1, 0.15) is 5.82 Å². The van der Waals surface area contributed by atoms with E-state index in [-0.39, 0.29) is 18.1 Å². The summed E-state index contributed by atoms with van der Waals surface area (Å²) in [5, 5.41) is 0. The molecule has 0 aliphatic carbocycles. The minimum Gasteiger partial charge on any atom is -0.326 e. The fourth-order valence-corrected chi connectivity index (χ4v) is 1.94. The van der Waals surface area contributed by atoms with Crippen molar-refractivity contribution < 1.29 is 4.39 Å². The maximum Gasteiger partial charge on any atom is 0.328 e. The number of imidazole rings is 1. The fourth-order valence-electron chi connectivity index (χ4n) is 1.94. The Morgan fingerprint density at radius 2 is 1.83 bits per heavy atom. The van der Waals surface area contributed by atoms with Crippen LogP contribution in [0.2, 0.25) is 0 Å². The van der Waals surface area contributed by atoms with Crippen LogP contribution in [0.4, 0.5) is 4.39 Å². The average molecular weight is 249 g/mol. The molecular formula is C13H16FN3O. The monoisotopic (exact) mass is 249 g/mol. The zero-order chi connectivity index (χ0) is 13.1. The summed E-state index contributed by atoms with van der Waals surface area (Å²) in [6.07, 6.45) is 3.43. The molecule has 0 amide bonds. The van der Waals surface area contributed by atoms with Crippen LogP contribution in [0.3, 0.4) is 0 Å². The first kappa shape index (κ1) is 12.6. The summed E-state index contributed by atoms with van der Waals surface area (Å²) in [7, 11) is 0. The van der Waals surface area contributed by atoms with E-state index < -0.39 is 0 Å². The van der Waals surface area contributed by atoms with Crippen LogP contribution < -0.4 is 11.4 Å². The molecule has 0 aliphatic rings. The molecule has 2 N–H and O–H groups in total. The van der Waals surface area contributed by atoms with Crippen LogP contribution in [0, 0.1) is 5.82 Å². The smallest absolute Gasteiger partial charge is 0.326 e. The second-order valence-corrected chi connectivity index (χ2v) is 4.17. The van der Waals surface area contributed by atoms with E-state index in [1.54, 1.807) is 21.5 Å². The number of nitrogens with two attached hydrogens (primary N) is 1. The predicted octanol–water partition coefficient (Wildman–Crippen LogP) is 1.32. The van der Waals surface area contributed by atoms with Gasteiger partial charge in [0.2, 0.25) is 0 Å². The number of rotatable bonds is 4. The number of hydrogen-bond acceptors (Lipinski definition) is 2. The van der Waals surface area contributed by atoms with Gasteiger partial charge in [0, 0.05) is 25.5 Å². The zero-order valence-electron chi connectivity index (χ0n) is 10.3. The van der Waals surface area contributed by atoms with E-state index in [0.717, 1.165) is 11.1 Å². The highest BCUT2D eigenvalue weighted by atomic mass is 19.1. The van der Waals surface area contributed by atoms with Gasteiger partial charge < -0.3 is 5.73 Å². The van der Waals surface area contributed by atoms with Crippen LogP contribution in [0.15, 0.2) is 35.4 Å². The van der Waals surface area contributed by atoms with Crippen molar-refractivity contribution in [2.24, 2.45) is 5.73 Å². The summed E-state index contributed by atoms with van der Waals surface area (Å²) in [5.41, 5.74) is 6.88. The summed E-state index contributed by atoms with van der Waals surface area (Å²) < 4.78 is 16.5. The second-order valence-electron chi connectivity index (χ2n) is 4.17. The van der Waals surface area contributed by atoms with E-state index >= 15 is 0 Å². The third-order valence-corrected chi connectivity index (χ3v) is 2.86. The maximum absolute atomic E-state index is 13.3. The number of aryl methyl sites for hydroxylation is 1. The summed E-state index contributed by atoms with van der Waals surface area (Å²) in [5.74, 6) is -0.323. The van der Waals surface area contributed by atoms with Crippen molar-refractivity contribution in [2.45, 2.75) is 26.6 Å². The minimum atomic E-state index is -0.323. The Morgan fingerprint density at radius 3 is 2.44 bits per heavy atom. The van der Waals surface area contributed by atoms with Crippen LogP contribution in [-0.4, -0.2) is 9.13 Å². The van der Waals surface area contributed by atoms with Crippen molar-refractivity contribution in [3.8, 4) is 0 Å². The van der Waals surface area contributed by atoms with Gasteiger partial charge in [-0.2, -0.15) is 0 Å². The molecule has 4 nitrogen and oxygen atoms in total. The molecule has 0 spiro atoms. The molecule has 0 saturated carbocycles. The molecule has 1 aromatic heterocycles. The first-order chi connectivity index (χ1) is 8.63. The predicted molar refractivity (Wildman–Crippen MR) is 67.8 cm³/mol. The molecule has 0 atom stereocenters. The van der Waals surface area contributed by atoms with E-state index in [9.17, 15) is 9.18 Å². The van der Waals surface area contributed by atoms with Crippen molar-refractivity contribution in [3.05, 3.63) is 58.0 Å². The van der Waals surface area contributed by atoms with E-state index in [2.05, 4.69) is 0 Å². The Labute approximate surface area is 104 Å². The van der Waals surface area contributed by atoms with Crippen molar-refractivity contribution in [1.82, 2.24) is 9.13 Å². The lowest BCUT2D eigenvalue weighted by Gasteiger charge is -2.05. The van der Waals surface area contributed by atoms with Gasteiger partial charge in [0.25, 0.3) is 0 Å². The first-order valence-corrected chi connectivity index (χ1v) is 5.88. The molecule has 2 rings (SSSR count). The summed E-state index contributed by atoms with van der Waals surface area (Å²) in [6, 6.07) is 4.65. The Bertz CT molecular complexity index is 601. The quantitative estimate of drug-likeness (QED) is 0.888. The molecule has 1 heterocycles. The molecule has 0 radical (unpaired) electrons. The molecule has 18 heavy (non-hydrogen) atoms. The SMILES string of the molecule is CCn1ccn(Cc2cc(F)cc(CN)c2)c1=O. The van der Waals surface area contributed by atoms with Gasteiger partial charge in [-0.15, -0.1) is 0 Å². The van der Waals surface area contributed by atoms with Gasteiger partial charge in [-0.05, 0) is 30.2 Å². The lowest BCUT2D eigenvalue weighted by atomic mass is 10.1. The van der Waals surface area contributed by atoms with Crippen LogP contribution in [0.1, 0.15) is 18.1 Å². The Morgan fingerprint density at radius 1 is 1.17 bits per heavy atom. The van der Waals surface area contributed by atoms with Gasteiger partial charge in [0.05, 0.1) is 6.54 Å². The number of hydrogen-bond donors (Lipinski definition) is 1. The van der Waals surface area contributed by atoms with Gasteiger partial charge in [-0.25, -0.2) is 9.18 Å². The van der Waals surface area contributed by atoms with E-state index in [1.807, 2.05) is 13.0 Å². The van der Waals surface area contributed by atoms with Gasteiger partial charge in [0.15, 0.2) is 0 Å². The number of nitrogens with zero attached hydrogens (tertiary/aromatic N) is 2. The maximum atomic E-state index is 13.3. The average Bonchev–Trinajstić information content (AvgIpc) is 2.70. The highest BCUT2D eigenvalue weighted by Gasteiger charge is 2.05. The van der Waals surface area contributed by atoms with Crippen LogP contribution in [-0.2, 0) is 19.6 Å². The van der Waals surface area contributed by atoms with Gasteiger partial charge in [-0.1, -0.05) is 6.07 Å². The second kappa shape index (κ2) is 5.18. The molecule has 0 saturated heterocycles. The minimum absolute atomic E-state index is 0.0870. The molecule has 0 unspecified atom stereocenters. The van der Waals surface area contributed by atoms with E-state index in [4.69, 9.17) is 5.73 Å². The van der Waals surface area contributed by atoms with Crippen molar-refractivity contribution >= 4 is 0 Å². The molecular weight excluding hydrogens is 233 g/mol. The lowest BCUT2D eigenvalue weighted by Crippen LogP contribution is -2.23. The van der Waals surface area contributed by atoms with Crippen molar-refractivity contribution in [3.63, 3.8) is 0 Å².